The Bertz CT molecular complexity index is 723. The molecule has 0 saturated heterocycles. The first kappa shape index (κ1) is 15.6. The van der Waals surface area contributed by atoms with E-state index in [0.717, 1.165) is 28.2 Å². The topological polar surface area (TPSA) is 74.5 Å². The maximum atomic E-state index is 12.3. The summed E-state index contributed by atoms with van der Waals surface area (Å²) in [5, 5.41) is 16.0. The Morgan fingerprint density at radius 2 is 2.09 bits per heavy atom. The van der Waals surface area contributed by atoms with Gasteiger partial charge in [-0.15, -0.1) is 0 Å². The second kappa shape index (κ2) is 6.08. The van der Waals surface area contributed by atoms with E-state index in [1.54, 1.807) is 0 Å². The third-order valence-corrected chi connectivity index (χ3v) is 4.38. The lowest BCUT2D eigenvalue weighted by Crippen LogP contribution is -2.41. The van der Waals surface area contributed by atoms with E-state index < -0.39 is 6.10 Å². The van der Waals surface area contributed by atoms with Crippen molar-refractivity contribution >= 4 is 6.03 Å². The molecule has 1 aliphatic rings. The number of carbonyl (C=O) groups is 1. The van der Waals surface area contributed by atoms with Crippen LogP contribution in [0.5, 0.6) is 0 Å². The second-order valence-corrected chi connectivity index (χ2v) is 6.16. The molecule has 0 bridgehead atoms. The number of hydrogen-bond acceptors (Lipinski definition) is 3. The number of nitrogens with one attached hydrogen (secondary N) is 2. The predicted molar refractivity (Wildman–Crippen MR) is 87.2 cm³/mol. The van der Waals surface area contributed by atoms with Crippen LogP contribution in [0.1, 0.15) is 47.2 Å². The van der Waals surface area contributed by atoms with Gasteiger partial charge >= 0.3 is 6.03 Å². The van der Waals surface area contributed by atoms with E-state index in [0.29, 0.717) is 6.42 Å². The van der Waals surface area contributed by atoms with Crippen LogP contribution in [0.25, 0.3) is 0 Å². The van der Waals surface area contributed by atoms with Gasteiger partial charge in [0.1, 0.15) is 11.5 Å². The highest BCUT2D eigenvalue weighted by molar-refractivity contribution is 5.75. The molecular weight excluding hydrogens is 292 g/mol. The van der Waals surface area contributed by atoms with Crippen molar-refractivity contribution < 1.29 is 14.3 Å². The molecule has 1 aromatic heterocycles. The summed E-state index contributed by atoms with van der Waals surface area (Å²) in [6.45, 7) is 5.68. The minimum atomic E-state index is -0.591. The summed E-state index contributed by atoms with van der Waals surface area (Å²) in [6.07, 6.45) is -0.0252. The molecule has 5 heteroatoms. The van der Waals surface area contributed by atoms with Gasteiger partial charge in [0, 0.05) is 12.0 Å². The van der Waals surface area contributed by atoms with E-state index in [-0.39, 0.29) is 18.1 Å². The molecule has 1 heterocycles. The van der Waals surface area contributed by atoms with E-state index in [4.69, 9.17) is 4.42 Å². The van der Waals surface area contributed by atoms with Crippen molar-refractivity contribution in [2.45, 2.75) is 45.4 Å². The standard InChI is InChI=1S/C18H22N2O3/c1-10-8-15(12(3)23-10)11(2)19-18(22)20-17-14-7-5-4-6-13(14)9-16(17)21/h4-8,11,16-17,21H,9H2,1-3H3,(H2,19,20,22)/t11?,16-,17+/m0/s1. The molecule has 2 aromatic rings. The van der Waals surface area contributed by atoms with Gasteiger partial charge in [-0.1, -0.05) is 24.3 Å². The summed E-state index contributed by atoms with van der Waals surface area (Å²) in [5.41, 5.74) is 3.03. The number of furan rings is 1. The number of urea groups is 1. The van der Waals surface area contributed by atoms with Gasteiger partial charge in [-0.25, -0.2) is 4.79 Å². The Labute approximate surface area is 135 Å². The summed E-state index contributed by atoms with van der Waals surface area (Å²) < 4.78 is 5.50. The van der Waals surface area contributed by atoms with Gasteiger partial charge < -0.3 is 20.2 Å². The van der Waals surface area contributed by atoms with Crippen LogP contribution in [-0.2, 0) is 6.42 Å². The molecule has 1 unspecified atom stereocenters. The number of amides is 2. The van der Waals surface area contributed by atoms with Gasteiger partial charge in [-0.05, 0) is 38.0 Å². The molecule has 0 saturated carbocycles. The van der Waals surface area contributed by atoms with Gasteiger partial charge in [0.05, 0.1) is 18.2 Å². The van der Waals surface area contributed by atoms with Crippen molar-refractivity contribution in [1.82, 2.24) is 10.6 Å². The normalized spacial score (nSPS) is 20.9. The van der Waals surface area contributed by atoms with Crippen molar-refractivity contribution in [3.05, 3.63) is 58.5 Å². The number of aryl methyl sites for hydroxylation is 2. The highest BCUT2D eigenvalue weighted by Gasteiger charge is 2.32. The van der Waals surface area contributed by atoms with Crippen molar-refractivity contribution in [3.63, 3.8) is 0 Å². The Morgan fingerprint density at radius 3 is 2.78 bits per heavy atom. The summed E-state index contributed by atoms with van der Waals surface area (Å²) in [4.78, 5) is 12.3. The summed E-state index contributed by atoms with van der Waals surface area (Å²) >= 11 is 0. The first-order valence-electron chi connectivity index (χ1n) is 7.85. The summed E-state index contributed by atoms with van der Waals surface area (Å²) in [6, 6.07) is 8.90. The van der Waals surface area contributed by atoms with Crippen LogP contribution in [0.3, 0.4) is 0 Å². The third kappa shape index (κ3) is 3.10. The van der Waals surface area contributed by atoms with Crippen LogP contribution in [0.2, 0.25) is 0 Å². The predicted octanol–water partition coefficient (Wildman–Crippen LogP) is 2.91. The molecule has 0 fully saturated rings. The van der Waals surface area contributed by atoms with Crippen LogP contribution in [0, 0.1) is 13.8 Å². The second-order valence-electron chi connectivity index (χ2n) is 6.16. The first-order chi connectivity index (χ1) is 11.0. The third-order valence-electron chi connectivity index (χ3n) is 4.38. The maximum Gasteiger partial charge on any atom is 0.315 e. The fourth-order valence-electron chi connectivity index (χ4n) is 3.29. The molecule has 3 N–H and O–H groups in total. The molecule has 3 rings (SSSR count). The van der Waals surface area contributed by atoms with Crippen LogP contribution in [0.15, 0.2) is 34.7 Å². The number of aliphatic hydroxyl groups excluding tert-OH is 1. The number of aliphatic hydroxyl groups is 1. The zero-order valence-electron chi connectivity index (χ0n) is 13.6. The Balaban J connectivity index is 1.67. The molecule has 3 atom stereocenters. The Morgan fingerprint density at radius 1 is 1.35 bits per heavy atom. The largest absolute Gasteiger partial charge is 0.466 e. The fourth-order valence-corrected chi connectivity index (χ4v) is 3.29. The van der Waals surface area contributed by atoms with Gasteiger partial charge in [0.2, 0.25) is 0 Å². The molecule has 1 aromatic carbocycles. The van der Waals surface area contributed by atoms with Gasteiger partial charge in [-0.3, -0.25) is 0 Å². The van der Waals surface area contributed by atoms with Gasteiger partial charge in [0.15, 0.2) is 0 Å². The highest BCUT2D eigenvalue weighted by Crippen LogP contribution is 2.31. The van der Waals surface area contributed by atoms with Crippen molar-refractivity contribution in [2.24, 2.45) is 0 Å². The first-order valence-corrected chi connectivity index (χ1v) is 7.85. The lowest BCUT2D eigenvalue weighted by Gasteiger charge is -2.20. The average molecular weight is 314 g/mol. The van der Waals surface area contributed by atoms with E-state index in [2.05, 4.69) is 10.6 Å². The lowest BCUT2D eigenvalue weighted by atomic mass is 10.1. The van der Waals surface area contributed by atoms with Gasteiger partial charge in [-0.2, -0.15) is 0 Å². The molecule has 1 aliphatic carbocycles. The molecule has 5 nitrogen and oxygen atoms in total. The van der Waals surface area contributed by atoms with Crippen molar-refractivity contribution in [3.8, 4) is 0 Å². The zero-order valence-corrected chi connectivity index (χ0v) is 13.6. The molecule has 2 amide bonds. The van der Waals surface area contributed by atoms with E-state index >= 15 is 0 Å². The van der Waals surface area contributed by atoms with E-state index in [9.17, 15) is 9.90 Å². The van der Waals surface area contributed by atoms with Crippen molar-refractivity contribution in [1.29, 1.82) is 0 Å². The number of fused-ring (bicyclic) bond motifs is 1. The van der Waals surface area contributed by atoms with E-state index in [1.165, 1.54) is 0 Å². The maximum absolute atomic E-state index is 12.3. The van der Waals surface area contributed by atoms with Crippen molar-refractivity contribution in [2.75, 3.05) is 0 Å². The molecule has 0 spiro atoms. The van der Waals surface area contributed by atoms with Gasteiger partial charge in [0.25, 0.3) is 0 Å². The van der Waals surface area contributed by atoms with E-state index in [1.807, 2.05) is 51.1 Å². The Kier molecular flexibility index (Phi) is 4.13. The summed E-state index contributed by atoms with van der Waals surface area (Å²) in [5.74, 6) is 1.63. The number of hydrogen-bond donors (Lipinski definition) is 3. The number of carbonyl (C=O) groups excluding carboxylic acids is 1. The van der Waals surface area contributed by atoms with Crippen LogP contribution < -0.4 is 10.6 Å². The highest BCUT2D eigenvalue weighted by atomic mass is 16.3. The van der Waals surface area contributed by atoms with Crippen LogP contribution in [0.4, 0.5) is 4.79 Å². The SMILES string of the molecule is Cc1cc(C(C)NC(=O)N[C@@H]2c3ccccc3C[C@@H]2O)c(C)o1. The molecule has 0 radical (unpaired) electrons. The smallest absolute Gasteiger partial charge is 0.315 e. The Hall–Kier alpha value is -2.27. The number of rotatable bonds is 3. The minimum Gasteiger partial charge on any atom is -0.466 e. The molecule has 122 valence electrons. The number of benzene rings is 1. The monoisotopic (exact) mass is 314 g/mol. The quantitative estimate of drug-likeness (QED) is 0.815. The molecule has 0 aliphatic heterocycles. The average Bonchev–Trinajstić information content (AvgIpc) is 2.99. The zero-order chi connectivity index (χ0) is 16.6. The fraction of sp³-hybridized carbons (Fsp3) is 0.389. The van der Waals surface area contributed by atoms with Crippen LogP contribution in [-0.4, -0.2) is 17.2 Å². The lowest BCUT2D eigenvalue weighted by molar-refractivity contribution is 0.142. The summed E-state index contributed by atoms with van der Waals surface area (Å²) in [7, 11) is 0. The van der Waals surface area contributed by atoms with Crippen LogP contribution >= 0.6 is 0 Å². The molecule has 23 heavy (non-hydrogen) atoms. The molecular formula is C18H22N2O3. The minimum absolute atomic E-state index is 0.166.